The lowest BCUT2D eigenvalue weighted by Crippen LogP contribution is -2.39. The van der Waals surface area contributed by atoms with E-state index < -0.39 is 0 Å². The van der Waals surface area contributed by atoms with Crippen LogP contribution in [0.15, 0.2) is 49.1 Å². The van der Waals surface area contributed by atoms with Gasteiger partial charge in [-0.25, -0.2) is 4.98 Å². The maximum Gasteiger partial charge on any atom is 0.173 e. The van der Waals surface area contributed by atoms with Gasteiger partial charge in [0.15, 0.2) is 5.11 Å². The molecule has 1 heterocycles. The highest BCUT2D eigenvalue weighted by molar-refractivity contribution is 7.80. The molecule has 1 atom stereocenters. The molecule has 0 amide bonds. The van der Waals surface area contributed by atoms with E-state index in [1.165, 1.54) is 6.42 Å². The molecule has 1 aliphatic rings. The molecule has 1 aromatic heterocycles. The van der Waals surface area contributed by atoms with E-state index in [1.807, 2.05) is 36.9 Å². The first kappa shape index (κ1) is 20.7. The van der Waals surface area contributed by atoms with Crippen molar-refractivity contribution in [1.29, 1.82) is 0 Å². The third-order valence-corrected chi connectivity index (χ3v) is 5.62. The van der Waals surface area contributed by atoms with Gasteiger partial charge in [0.25, 0.3) is 0 Å². The monoisotopic (exact) mass is 418 g/mol. The highest BCUT2D eigenvalue weighted by atomic mass is 35.5. The molecule has 0 spiro atoms. The number of hydrogen-bond donors (Lipinski definition) is 1. The Morgan fingerprint density at radius 1 is 1.43 bits per heavy atom. The number of nitrogens with zero attached hydrogens (tertiary/aromatic N) is 3. The Bertz CT molecular complexity index is 794. The molecular weight excluding hydrogens is 392 g/mol. The van der Waals surface area contributed by atoms with Crippen molar-refractivity contribution in [2.24, 2.45) is 5.92 Å². The number of benzene rings is 1. The molecule has 3 rings (SSSR count). The van der Waals surface area contributed by atoms with Crippen LogP contribution < -0.4 is 10.1 Å². The van der Waals surface area contributed by atoms with E-state index in [-0.39, 0.29) is 0 Å². The summed E-state index contributed by atoms with van der Waals surface area (Å²) in [5.74, 6) is 1.27. The van der Waals surface area contributed by atoms with Crippen LogP contribution in [0.2, 0.25) is 5.02 Å². The van der Waals surface area contributed by atoms with Crippen LogP contribution >= 0.6 is 23.8 Å². The van der Waals surface area contributed by atoms with E-state index in [4.69, 9.17) is 28.6 Å². The molecule has 0 saturated carbocycles. The van der Waals surface area contributed by atoms with Gasteiger partial charge in [-0.1, -0.05) is 23.8 Å². The maximum absolute atomic E-state index is 6.13. The average molecular weight is 419 g/mol. The van der Waals surface area contributed by atoms with E-state index in [0.717, 1.165) is 49.7 Å². The summed E-state index contributed by atoms with van der Waals surface area (Å²) >= 11 is 11.9. The molecule has 0 unspecified atom stereocenters. The van der Waals surface area contributed by atoms with Crippen LogP contribution in [-0.4, -0.2) is 39.8 Å². The molecule has 7 heteroatoms. The number of aromatic nitrogens is 2. The van der Waals surface area contributed by atoms with Crippen LogP contribution in [0.4, 0.5) is 5.69 Å². The Labute approximate surface area is 177 Å². The first-order valence-electron chi connectivity index (χ1n) is 9.66. The van der Waals surface area contributed by atoms with Gasteiger partial charge in [0.2, 0.25) is 0 Å². The topological polar surface area (TPSA) is 42.3 Å². The number of ether oxygens (including phenoxy) is 1. The minimum absolute atomic E-state index is 0.588. The van der Waals surface area contributed by atoms with Crippen molar-refractivity contribution in [2.75, 3.05) is 25.5 Å². The van der Waals surface area contributed by atoms with Crippen LogP contribution in [0.1, 0.15) is 25.7 Å². The van der Waals surface area contributed by atoms with Crippen molar-refractivity contribution in [3.63, 3.8) is 0 Å². The third-order valence-electron chi connectivity index (χ3n) is 4.95. The zero-order chi connectivity index (χ0) is 19.8. The van der Waals surface area contributed by atoms with E-state index in [9.17, 15) is 0 Å². The lowest BCUT2D eigenvalue weighted by atomic mass is 9.94. The molecule has 0 radical (unpaired) electrons. The van der Waals surface area contributed by atoms with Crippen molar-refractivity contribution in [3.8, 4) is 5.75 Å². The highest BCUT2D eigenvalue weighted by Gasteiger charge is 2.17. The standard InChI is InChI=1S/C21H27ClN4OS/c1-27-20-14-18(8-9-19(20)22)24-21(28)26(15-17-6-3-2-4-7-17)12-5-11-25-13-10-23-16-25/h2-3,8-10,13-14,16-17H,4-7,11-12,15H2,1H3,(H,24,28)/t17-/m0/s1. The second kappa shape index (κ2) is 10.5. The van der Waals surface area contributed by atoms with Crippen molar-refractivity contribution in [3.05, 3.63) is 54.1 Å². The number of hydrogen-bond acceptors (Lipinski definition) is 3. The van der Waals surface area contributed by atoms with Crippen LogP contribution in [0.5, 0.6) is 5.75 Å². The molecular formula is C21H27ClN4OS. The minimum atomic E-state index is 0.588. The smallest absolute Gasteiger partial charge is 0.173 e. The van der Waals surface area contributed by atoms with Crippen LogP contribution in [-0.2, 0) is 6.54 Å². The summed E-state index contributed by atoms with van der Waals surface area (Å²) in [6, 6.07) is 5.62. The number of thiocarbonyl (C=S) groups is 1. The van der Waals surface area contributed by atoms with Gasteiger partial charge in [0.05, 0.1) is 18.5 Å². The predicted molar refractivity (Wildman–Crippen MR) is 119 cm³/mol. The Morgan fingerprint density at radius 2 is 2.32 bits per heavy atom. The Morgan fingerprint density at radius 3 is 3.04 bits per heavy atom. The number of halogens is 1. The zero-order valence-corrected chi connectivity index (χ0v) is 17.8. The van der Waals surface area contributed by atoms with Crippen molar-refractivity contribution >= 4 is 34.6 Å². The summed E-state index contributed by atoms with van der Waals surface area (Å²) in [4.78, 5) is 6.40. The normalized spacial score (nSPS) is 16.0. The molecule has 5 nitrogen and oxygen atoms in total. The summed E-state index contributed by atoms with van der Waals surface area (Å²) in [6.45, 7) is 2.79. The molecule has 28 heavy (non-hydrogen) atoms. The van der Waals surface area contributed by atoms with Crippen LogP contribution in [0.3, 0.4) is 0 Å². The molecule has 1 aromatic carbocycles. The van der Waals surface area contributed by atoms with Gasteiger partial charge in [0.1, 0.15) is 5.75 Å². The molecule has 0 fully saturated rings. The Hall–Kier alpha value is -2.05. The summed E-state index contributed by atoms with van der Waals surface area (Å²) in [5.41, 5.74) is 0.884. The number of imidazole rings is 1. The second-order valence-corrected chi connectivity index (χ2v) is 7.82. The second-order valence-electron chi connectivity index (χ2n) is 7.03. The number of aryl methyl sites for hydroxylation is 1. The van der Waals surface area contributed by atoms with Gasteiger partial charge < -0.3 is 19.5 Å². The van der Waals surface area contributed by atoms with Gasteiger partial charge in [-0.15, -0.1) is 0 Å². The Kier molecular flexibility index (Phi) is 7.74. The highest BCUT2D eigenvalue weighted by Crippen LogP contribution is 2.28. The molecule has 150 valence electrons. The molecule has 2 aromatic rings. The summed E-state index contributed by atoms with van der Waals surface area (Å²) in [5, 5.41) is 4.69. The zero-order valence-electron chi connectivity index (χ0n) is 16.2. The maximum atomic E-state index is 6.13. The van der Waals surface area contributed by atoms with Crippen molar-refractivity contribution in [1.82, 2.24) is 14.5 Å². The van der Waals surface area contributed by atoms with Crippen molar-refractivity contribution < 1.29 is 4.74 Å². The lowest BCUT2D eigenvalue weighted by Gasteiger charge is -2.31. The number of anilines is 1. The predicted octanol–water partition coefficient (Wildman–Crippen LogP) is 4.99. The number of rotatable bonds is 8. The first-order chi connectivity index (χ1) is 13.7. The SMILES string of the molecule is COc1cc(NC(=S)N(CCCn2ccnc2)C[C@H]2CC=CCC2)ccc1Cl. The average Bonchev–Trinajstić information content (AvgIpc) is 3.23. The molecule has 0 aliphatic heterocycles. The number of methoxy groups -OCH3 is 1. The molecule has 0 bridgehead atoms. The van der Waals surface area contributed by atoms with E-state index in [2.05, 4.69) is 31.9 Å². The summed E-state index contributed by atoms with van der Waals surface area (Å²) in [7, 11) is 1.61. The fourth-order valence-electron chi connectivity index (χ4n) is 3.41. The number of nitrogens with one attached hydrogen (secondary N) is 1. The van der Waals surface area contributed by atoms with Crippen LogP contribution in [0, 0.1) is 5.92 Å². The Balaban J connectivity index is 1.63. The van der Waals surface area contributed by atoms with E-state index in [0.29, 0.717) is 16.7 Å². The van der Waals surface area contributed by atoms with Gasteiger partial charge in [-0.05, 0) is 56.0 Å². The number of allylic oxidation sites excluding steroid dienone is 2. The minimum Gasteiger partial charge on any atom is -0.495 e. The third kappa shape index (κ3) is 5.97. The van der Waals surface area contributed by atoms with E-state index in [1.54, 1.807) is 7.11 Å². The van der Waals surface area contributed by atoms with Gasteiger partial charge in [0, 0.05) is 43.8 Å². The molecule has 1 N–H and O–H groups in total. The van der Waals surface area contributed by atoms with Crippen molar-refractivity contribution in [2.45, 2.75) is 32.2 Å². The van der Waals surface area contributed by atoms with Crippen LogP contribution in [0.25, 0.3) is 0 Å². The van der Waals surface area contributed by atoms with Gasteiger partial charge >= 0.3 is 0 Å². The molecule has 1 aliphatic carbocycles. The summed E-state index contributed by atoms with van der Waals surface area (Å²) < 4.78 is 7.41. The van der Waals surface area contributed by atoms with Gasteiger partial charge in [-0.2, -0.15) is 0 Å². The van der Waals surface area contributed by atoms with E-state index >= 15 is 0 Å². The lowest BCUT2D eigenvalue weighted by molar-refractivity contribution is 0.316. The molecule has 0 saturated heterocycles. The quantitative estimate of drug-likeness (QED) is 0.483. The summed E-state index contributed by atoms with van der Waals surface area (Å²) in [6.07, 6.45) is 14.7. The fraction of sp³-hybridized carbons (Fsp3) is 0.429. The first-order valence-corrected chi connectivity index (χ1v) is 10.4. The van der Waals surface area contributed by atoms with Gasteiger partial charge in [-0.3, -0.25) is 0 Å². The largest absolute Gasteiger partial charge is 0.495 e. The fourth-order valence-corrected chi connectivity index (χ4v) is 3.89.